The first-order valence-corrected chi connectivity index (χ1v) is 9.48. The van der Waals surface area contributed by atoms with Gasteiger partial charge in [-0.25, -0.2) is 4.79 Å². The van der Waals surface area contributed by atoms with Crippen molar-refractivity contribution in [3.05, 3.63) is 29.8 Å². The van der Waals surface area contributed by atoms with Gasteiger partial charge in [-0.15, -0.1) is 0 Å². The molecule has 1 unspecified atom stereocenters. The number of ketones is 1. The van der Waals surface area contributed by atoms with E-state index >= 15 is 0 Å². The van der Waals surface area contributed by atoms with Crippen LogP contribution in [0.15, 0.2) is 24.3 Å². The monoisotopic (exact) mass is 368 g/mol. The standard InChI is InChI=1S/C20H24N4O3/c21-12-17(19(26)22-14-6-2-1-3-7-14)18(25)13-5-4-8-16(11-13)24-20(27)23-15-9-10-15/h4-5,8,11,14-15,17H,1-3,6-7,9-10H2,(H,22,26)(H2,23,24,27). The van der Waals surface area contributed by atoms with E-state index in [0.29, 0.717) is 5.69 Å². The van der Waals surface area contributed by atoms with E-state index in [1.165, 1.54) is 6.07 Å². The number of carbonyl (C=O) groups excluding carboxylic acids is 3. The van der Waals surface area contributed by atoms with Crippen molar-refractivity contribution < 1.29 is 14.4 Å². The first-order valence-electron chi connectivity index (χ1n) is 9.48. The van der Waals surface area contributed by atoms with Crippen molar-refractivity contribution in [3.8, 4) is 6.07 Å². The summed E-state index contributed by atoms with van der Waals surface area (Å²) in [4.78, 5) is 36.9. The van der Waals surface area contributed by atoms with Gasteiger partial charge in [0.15, 0.2) is 11.7 Å². The molecule has 1 aromatic rings. The highest BCUT2D eigenvalue weighted by Crippen LogP contribution is 2.20. The van der Waals surface area contributed by atoms with E-state index < -0.39 is 17.6 Å². The lowest BCUT2D eigenvalue weighted by Gasteiger charge is -2.23. The van der Waals surface area contributed by atoms with E-state index in [0.717, 1.165) is 44.9 Å². The van der Waals surface area contributed by atoms with Crippen LogP contribution in [0.3, 0.4) is 0 Å². The predicted octanol–water partition coefficient (Wildman–Crippen LogP) is 2.74. The summed E-state index contributed by atoms with van der Waals surface area (Å²) in [5.41, 5.74) is 0.674. The molecule has 0 aromatic heterocycles. The van der Waals surface area contributed by atoms with Gasteiger partial charge in [0.2, 0.25) is 5.91 Å². The normalized spacial score (nSPS) is 18.0. The fourth-order valence-corrected chi connectivity index (χ4v) is 3.26. The van der Waals surface area contributed by atoms with Crippen molar-refractivity contribution in [1.29, 1.82) is 5.26 Å². The highest BCUT2D eigenvalue weighted by Gasteiger charge is 2.30. The van der Waals surface area contributed by atoms with Gasteiger partial charge in [-0.05, 0) is 37.8 Å². The minimum absolute atomic E-state index is 0.0361. The number of benzene rings is 1. The number of rotatable bonds is 6. The van der Waals surface area contributed by atoms with Crippen molar-refractivity contribution in [2.45, 2.75) is 57.0 Å². The van der Waals surface area contributed by atoms with Gasteiger partial charge in [-0.1, -0.05) is 31.4 Å². The average Bonchev–Trinajstić information content (AvgIpc) is 3.47. The van der Waals surface area contributed by atoms with Crippen LogP contribution < -0.4 is 16.0 Å². The number of Topliss-reactive ketones (excluding diaryl/α,β-unsaturated/α-hetero) is 1. The molecule has 0 bridgehead atoms. The molecule has 142 valence electrons. The molecule has 27 heavy (non-hydrogen) atoms. The summed E-state index contributed by atoms with van der Waals surface area (Å²) in [6.45, 7) is 0. The molecule has 2 fully saturated rings. The van der Waals surface area contributed by atoms with Gasteiger partial charge in [0.25, 0.3) is 0 Å². The number of hydrogen-bond donors (Lipinski definition) is 3. The molecule has 7 nitrogen and oxygen atoms in total. The Morgan fingerprint density at radius 3 is 2.37 bits per heavy atom. The van der Waals surface area contributed by atoms with Crippen LogP contribution in [0.5, 0.6) is 0 Å². The van der Waals surface area contributed by atoms with Crippen molar-refractivity contribution in [2.75, 3.05) is 5.32 Å². The summed E-state index contributed by atoms with van der Waals surface area (Å²) in [5.74, 6) is -2.49. The molecule has 0 saturated heterocycles. The van der Waals surface area contributed by atoms with Gasteiger partial charge in [0, 0.05) is 23.3 Å². The molecule has 0 heterocycles. The van der Waals surface area contributed by atoms with Gasteiger partial charge in [0.1, 0.15) is 0 Å². The van der Waals surface area contributed by atoms with Crippen molar-refractivity contribution >= 4 is 23.4 Å². The van der Waals surface area contributed by atoms with Crippen LogP contribution >= 0.6 is 0 Å². The third-order valence-corrected chi connectivity index (χ3v) is 4.92. The molecule has 3 N–H and O–H groups in total. The minimum atomic E-state index is -1.39. The summed E-state index contributed by atoms with van der Waals surface area (Å²) < 4.78 is 0. The zero-order valence-electron chi connectivity index (χ0n) is 15.2. The number of carbonyl (C=O) groups is 3. The molecule has 3 amide bonds. The molecule has 2 saturated carbocycles. The maximum absolute atomic E-state index is 12.7. The first kappa shape index (κ1) is 18.9. The van der Waals surface area contributed by atoms with E-state index in [1.54, 1.807) is 18.2 Å². The van der Waals surface area contributed by atoms with Crippen LogP contribution in [0, 0.1) is 17.2 Å². The zero-order chi connectivity index (χ0) is 19.2. The molecule has 1 aromatic carbocycles. The maximum Gasteiger partial charge on any atom is 0.319 e. The molecular formula is C20H24N4O3. The Hall–Kier alpha value is -2.88. The van der Waals surface area contributed by atoms with E-state index in [9.17, 15) is 19.6 Å². The van der Waals surface area contributed by atoms with Crippen molar-refractivity contribution in [3.63, 3.8) is 0 Å². The number of urea groups is 1. The smallest absolute Gasteiger partial charge is 0.319 e. The number of nitriles is 1. The second kappa shape index (κ2) is 8.67. The van der Waals surface area contributed by atoms with Crippen molar-refractivity contribution in [1.82, 2.24) is 10.6 Å². The zero-order valence-corrected chi connectivity index (χ0v) is 15.2. The third kappa shape index (κ3) is 5.30. The van der Waals surface area contributed by atoms with Crippen LogP contribution in [0.2, 0.25) is 0 Å². The Kier molecular flexibility index (Phi) is 6.07. The molecule has 2 aliphatic rings. The van der Waals surface area contributed by atoms with Crippen LogP contribution in [-0.2, 0) is 4.79 Å². The van der Waals surface area contributed by atoms with E-state index in [-0.39, 0.29) is 23.7 Å². The lowest BCUT2D eigenvalue weighted by atomic mass is 9.93. The van der Waals surface area contributed by atoms with Gasteiger partial charge in [-0.3, -0.25) is 9.59 Å². The first-order chi connectivity index (χ1) is 13.1. The summed E-state index contributed by atoms with van der Waals surface area (Å²) >= 11 is 0. The molecule has 3 rings (SSSR count). The second-order valence-corrected chi connectivity index (χ2v) is 7.22. The Morgan fingerprint density at radius 1 is 1.00 bits per heavy atom. The lowest BCUT2D eigenvalue weighted by Crippen LogP contribution is -2.42. The van der Waals surface area contributed by atoms with Gasteiger partial charge in [0.05, 0.1) is 6.07 Å². The quantitative estimate of drug-likeness (QED) is 0.529. The number of nitrogens with one attached hydrogen (secondary N) is 3. The van der Waals surface area contributed by atoms with Crippen molar-refractivity contribution in [2.24, 2.45) is 5.92 Å². The topological polar surface area (TPSA) is 111 Å². The molecule has 0 spiro atoms. The lowest BCUT2D eigenvalue weighted by molar-refractivity contribution is -0.123. The molecular weight excluding hydrogens is 344 g/mol. The second-order valence-electron chi connectivity index (χ2n) is 7.22. The Morgan fingerprint density at radius 2 is 1.70 bits per heavy atom. The number of hydrogen-bond acceptors (Lipinski definition) is 4. The third-order valence-electron chi connectivity index (χ3n) is 4.92. The molecule has 0 aliphatic heterocycles. The molecule has 1 atom stereocenters. The molecule has 2 aliphatic carbocycles. The minimum Gasteiger partial charge on any atom is -0.352 e. The highest BCUT2D eigenvalue weighted by molar-refractivity contribution is 6.12. The summed E-state index contributed by atoms with van der Waals surface area (Å²) in [6, 6.07) is 8.07. The van der Waals surface area contributed by atoms with Crippen LogP contribution in [-0.4, -0.2) is 29.8 Å². The number of nitrogens with zero attached hydrogens (tertiary/aromatic N) is 1. The molecule has 0 radical (unpaired) electrons. The van der Waals surface area contributed by atoms with E-state index in [1.807, 2.05) is 6.07 Å². The number of anilines is 1. The number of amides is 3. The van der Waals surface area contributed by atoms with Gasteiger partial charge in [-0.2, -0.15) is 5.26 Å². The van der Waals surface area contributed by atoms with E-state index in [2.05, 4.69) is 16.0 Å². The summed E-state index contributed by atoms with van der Waals surface area (Å²) in [6.07, 6.45) is 6.97. The summed E-state index contributed by atoms with van der Waals surface area (Å²) in [7, 11) is 0. The SMILES string of the molecule is N#CC(C(=O)NC1CCCCC1)C(=O)c1cccc(NC(=O)NC2CC2)c1. The fraction of sp³-hybridized carbons (Fsp3) is 0.500. The highest BCUT2D eigenvalue weighted by atomic mass is 16.2. The van der Waals surface area contributed by atoms with Gasteiger partial charge >= 0.3 is 6.03 Å². The maximum atomic E-state index is 12.7. The van der Waals surface area contributed by atoms with E-state index in [4.69, 9.17) is 0 Å². The Balaban J connectivity index is 1.63. The fourth-order valence-electron chi connectivity index (χ4n) is 3.26. The Labute approximate surface area is 158 Å². The van der Waals surface area contributed by atoms with Crippen LogP contribution in [0.25, 0.3) is 0 Å². The largest absolute Gasteiger partial charge is 0.352 e. The van der Waals surface area contributed by atoms with Gasteiger partial charge < -0.3 is 16.0 Å². The van der Waals surface area contributed by atoms with Crippen LogP contribution in [0.1, 0.15) is 55.3 Å². The average molecular weight is 368 g/mol. The molecule has 7 heteroatoms. The Bertz CT molecular complexity index is 761. The predicted molar refractivity (Wildman–Crippen MR) is 100 cm³/mol. The summed E-state index contributed by atoms with van der Waals surface area (Å²) in [5, 5.41) is 17.7. The van der Waals surface area contributed by atoms with Crippen LogP contribution in [0.4, 0.5) is 10.5 Å².